The average molecular weight is 245 g/mol. The Balaban J connectivity index is 1.89. The van der Waals surface area contributed by atoms with Gasteiger partial charge in [0.2, 0.25) is 0 Å². The summed E-state index contributed by atoms with van der Waals surface area (Å²) in [5.41, 5.74) is 1.21. The zero-order valence-corrected chi connectivity index (χ0v) is 10.8. The largest absolute Gasteiger partial charge is 0.490 e. The lowest BCUT2D eigenvalue weighted by molar-refractivity contribution is 0.297. The van der Waals surface area contributed by atoms with Crippen molar-refractivity contribution in [2.75, 3.05) is 19.8 Å². The highest BCUT2D eigenvalue weighted by Gasteiger charge is 2.10. The van der Waals surface area contributed by atoms with Gasteiger partial charge >= 0.3 is 0 Å². The summed E-state index contributed by atoms with van der Waals surface area (Å²) >= 11 is 0. The van der Waals surface area contributed by atoms with Crippen LogP contribution in [0.1, 0.15) is 25.3 Å². The van der Waals surface area contributed by atoms with E-state index in [-0.39, 0.29) is 0 Å². The van der Waals surface area contributed by atoms with E-state index in [2.05, 4.69) is 29.3 Å². The first-order chi connectivity index (χ1) is 8.90. The predicted molar refractivity (Wildman–Crippen MR) is 71.8 cm³/mol. The van der Waals surface area contributed by atoms with Crippen LogP contribution in [-0.2, 0) is 6.54 Å². The summed E-state index contributed by atoms with van der Waals surface area (Å²) in [6, 6.07) is 6.12. The van der Waals surface area contributed by atoms with Gasteiger partial charge in [0.15, 0.2) is 11.5 Å². The van der Waals surface area contributed by atoms with Crippen molar-refractivity contribution in [3.8, 4) is 23.3 Å². The molecule has 18 heavy (non-hydrogen) atoms. The van der Waals surface area contributed by atoms with Crippen LogP contribution in [0.5, 0.6) is 11.5 Å². The normalized spacial score (nSPS) is 13.4. The van der Waals surface area contributed by atoms with Gasteiger partial charge in [0.05, 0.1) is 13.2 Å². The fourth-order valence-electron chi connectivity index (χ4n) is 1.83. The molecular formula is C15H19NO2. The van der Waals surface area contributed by atoms with Gasteiger partial charge in [0, 0.05) is 25.9 Å². The molecule has 3 heteroatoms. The Hall–Kier alpha value is -1.66. The topological polar surface area (TPSA) is 30.5 Å². The molecule has 0 aromatic heterocycles. The predicted octanol–water partition coefficient (Wildman–Crippen LogP) is 2.35. The van der Waals surface area contributed by atoms with E-state index in [1.165, 1.54) is 5.56 Å². The van der Waals surface area contributed by atoms with E-state index in [0.29, 0.717) is 0 Å². The Morgan fingerprint density at radius 1 is 1.22 bits per heavy atom. The third-order valence-corrected chi connectivity index (χ3v) is 2.74. The molecule has 0 saturated carbocycles. The molecule has 1 aromatic carbocycles. The number of benzene rings is 1. The number of nitrogens with one attached hydrogen (secondary N) is 1. The van der Waals surface area contributed by atoms with Gasteiger partial charge in [0.1, 0.15) is 0 Å². The summed E-state index contributed by atoms with van der Waals surface area (Å²) < 4.78 is 11.3. The molecule has 1 aromatic rings. The third-order valence-electron chi connectivity index (χ3n) is 2.74. The number of rotatable bonds is 4. The van der Waals surface area contributed by atoms with Gasteiger partial charge in [-0.2, -0.15) is 0 Å². The molecule has 0 spiro atoms. The van der Waals surface area contributed by atoms with Crippen molar-refractivity contribution in [1.82, 2.24) is 5.32 Å². The van der Waals surface area contributed by atoms with Gasteiger partial charge in [-0.25, -0.2) is 0 Å². The molecule has 1 N–H and O–H groups in total. The monoisotopic (exact) mass is 245 g/mol. The highest BCUT2D eigenvalue weighted by atomic mass is 16.5. The zero-order valence-electron chi connectivity index (χ0n) is 10.8. The highest BCUT2D eigenvalue weighted by Crippen LogP contribution is 2.30. The Morgan fingerprint density at radius 3 is 2.89 bits per heavy atom. The second-order valence-corrected chi connectivity index (χ2v) is 4.19. The number of ether oxygens (including phenoxy) is 2. The van der Waals surface area contributed by atoms with E-state index in [9.17, 15) is 0 Å². The fourth-order valence-corrected chi connectivity index (χ4v) is 1.83. The maximum atomic E-state index is 5.66. The molecule has 1 aliphatic heterocycles. The van der Waals surface area contributed by atoms with Gasteiger partial charge in [-0.05, 0) is 24.6 Å². The lowest BCUT2D eigenvalue weighted by atomic mass is 10.2. The van der Waals surface area contributed by atoms with Crippen LogP contribution in [0.2, 0.25) is 0 Å². The molecule has 96 valence electrons. The van der Waals surface area contributed by atoms with Gasteiger partial charge in [-0.3, -0.25) is 0 Å². The minimum absolute atomic E-state index is 0.732. The molecule has 0 atom stereocenters. The Labute approximate surface area is 108 Å². The van der Waals surface area contributed by atoms with Crippen molar-refractivity contribution in [2.45, 2.75) is 26.3 Å². The summed E-state index contributed by atoms with van der Waals surface area (Å²) in [5.74, 6) is 7.64. The minimum Gasteiger partial charge on any atom is -0.490 e. The number of hydrogen-bond acceptors (Lipinski definition) is 3. The van der Waals surface area contributed by atoms with E-state index >= 15 is 0 Å². The van der Waals surface area contributed by atoms with Gasteiger partial charge < -0.3 is 14.8 Å². The van der Waals surface area contributed by atoms with Crippen molar-refractivity contribution >= 4 is 0 Å². The summed E-state index contributed by atoms with van der Waals surface area (Å²) in [6.45, 7) is 5.08. The maximum Gasteiger partial charge on any atom is 0.161 e. The Morgan fingerprint density at radius 2 is 2.06 bits per heavy atom. The Bertz CT molecular complexity index is 446. The standard InChI is InChI=1S/C15H19NO2/c1-2-3-4-8-16-12-13-6-7-14-15(11-13)18-10-5-9-17-14/h6-7,11,16H,4-5,8-10,12H2,1H3. The van der Waals surface area contributed by atoms with Gasteiger partial charge in [0.25, 0.3) is 0 Å². The highest BCUT2D eigenvalue weighted by molar-refractivity contribution is 5.43. The van der Waals surface area contributed by atoms with Crippen LogP contribution in [0.3, 0.4) is 0 Å². The van der Waals surface area contributed by atoms with Crippen molar-refractivity contribution in [2.24, 2.45) is 0 Å². The minimum atomic E-state index is 0.732. The molecule has 0 radical (unpaired) electrons. The van der Waals surface area contributed by atoms with Crippen molar-refractivity contribution in [1.29, 1.82) is 0 Å². The van der Waals surface area contributed by atoms with Crippen LogP contribution < -0.4 is 14.8 Å². The zero-order chi connectivity index (χ0) is 12.6. The maximum absolute atomic E-state index is 5.66. The van der Waals surface area contributed by atoms with Crippen molar-refractivity contribution in [3.63, 3.8) is 0 Å². The molecule has 1 aliphatic rings. The average Bonchev–Trinajstić information content (AvgIpc) is 2.63. The summed E-state index contributed by atoms with van der Waals surface area (Å²) in [4.78, 5) is 0. The first-order valence-corrected chi connectivity index (χ1v) is 6.39. The molecule has 0 aliphatic carbocycles. The van der Waals surface area contributed by atoms with E-state index in [4.69, 9.17) is 9.47 Å². The third kappa shape index (κ3) is 3.68. The van der Waals surface area contributed by atoms with Crippen LogP contribution in [0.15, 0.2) is 18.2 Å². The van der Waals surface area contributed by atoms with Gasteiger partial charge in [-0.1, -0.05) is 6.07 Å². The van der Waals surface area contributed by atoms with E-state index in [1.54, 1.807) is 0 Å². The number of fused-ring (bicyclic) bond motifs is 1. The van der Waals surface area contributed by atoms with Crippen molar-refractivity contribution < 1.29 is 9.47 Å². The summed E-state index contributed by atoms with van der Waals surface area (Å²) in [6.07, 6.45) is 1.83. The molecule has 1 heterocycles. The summed E-state index contributed by atoms with van der Waals surface area (Å²) in [7, 11) is 0. The molecule has 0 unspecified atom stereocenters. The first kappa shape index (κ1) is 12.8. The Kier molecular flexibility index (Phi) is 4.92. The van der Waals surface area contributed by atoms with Gasteiger partial charge in [-0.15, -0.1) is 11.8 Å². The molecular weight excluding hydrogens is 226 g/mol. The molecule has 0 fully saturated rings. The van der Waals surface area contributed by atoms with Crippen LogP contribution in [-0.4, -0.2) is 19.8 Å². The molecule has 0 saturated heterocycles. The van der Waals surface area contributed by atoms with Crippen LogP contribution in [0, 0.1) is 11.8 Å². The smallest absolute Gasteiger partial charge is 0.161 e. The van der Waals surface area contributed by atoms with E-state index in [1.807, 2.05) is 13.0 Å². The van der Waals surface area contributed by atoms with E-state index in [0.717, 1.165) is 50.6 Å². The van der Waals surface area contributed by atoms with E-state index < -0.39 is 0 Å². The van der Waals surface area contributed by atoms with Crippen molar-refractivity contribution in [3.05, 3.63) is 23.8 Å². The SMILES string of the molecule is CC#CCCNCc1ccc2c(c1)OCCCO2. The second kappa shape index (κ2) is 6.93. The molecule has 0 amide bonds. The molecule has 0 bridgehead atoms. The fraction of sp³-hybridized carbons (Fsp3) is 0.467. The van der Waals surface area contributed by atoms with Crippen LogP contribution >= 0.6 is 0 Å². The van der Waals surface area contributed by atoms with Crippen LogP contribution in [0.4, 0.5) is 0 Å². The lowest BCUT2D eigenvalue weighted by Gasteiger charge is -2.09. The molecule has 2 rings (SSSR count). The lowest BCUT2D eigenvalue weighted by Crippen LogP contribution is -2.14. The molecule has 3 nitrogen and oxygen atoms in total. The number of hydrogen-bond donors (Lipinski definition) is 1. The first-order valence-electron chi connectivity index (χ1n) is 6.39. The van der Waals surface area contributed by atoms with Crippen LogP contribution in [0.25, 0.3) is 0 Å². The quantitative estimate of drug-likeness (QED) is 0.652. The summed E-state index contributed by atoms with van der Waals surface area (Å²) in [5, 5.41) is 3.36. The second-order valence-electron chi connectivity index (χ2n) is 4.19.